The van der Waals surface area contributed by atoms with Gasteiger partial charge in [-0.25, -0.2) is 4.98 Å². The Balaban J connectivity index is 1.90. The van der Waals surface area contributed by atoms with Crippen LogP contribution in [0.3, 0.4) is 0 Å². The standard InChI is InChI=1S/C16H26N2S/c1-5-8-17-11-9-15(2,3)10-12-13(11)19-14(18-12)16(4)6-7-16/h11,17H,5-10H2,1-4H3. The molecule has 106 valence electrons. The van der Waals surface area contributed by atoms with Crippen molar-refractivity contribution in [3.63, 3.8) is 0 Å². The van der Waals surface area contributed by atoms with Gasteiger partial charge in [0.15, 0.2) is 0 Å². The Morgan fingerprint density at radius 3 is 2.68 bits per heavy atom. The van der Waals surface area contributed by atoms with Crippen LogP contribution in [0.4, 0.5) is 0 Å². The van der Waals surface area contributed by atoms with E-state index in [1.54, 1.807) is 0 Å². The van der Waals surface area contributed by atoms with Crippen molar-refractivity contribution in [1.82, 2.24) is 10.3 Å². The van der Waals surface area contributed by atoms with E-state index in [2.05, 4.69) is 33.0 Å². The van der Waals surface area contributed by atoms with E-state index in [1.807, 2.05) is 11.3 Å². The topological polar surface area (TPSA) is 24.9 Å². The molecule has 2 aliphatic carbocycles. The third-order valence-corrected chi connectivity index (χ3v) is 6.12. The number of fused-ring (bicyclic) bond motifs is 1. The maximum atomic E-state index is 5.02. The molecule has 1 saturated carbocycles. The smallest absolute Gasteiger partial charge is 0.0990 e. The maximum absolute atomic E-state index is 5.02. The number of hydrogen-bond donors (Lipinski definition) is 1. The van der Waals surface area contributed by atoms with Crippen LogP contribution in [0.2, 0.25) is 0 Å². The molecule has 2 aliphatic rings. The van der Waals surface area contributed by atoms with Crippen molar-refractivity contribution in [3.05, 3.63) is 15.6 Å². The van der Waals surface area contributed by atoms with E-state index in [0.717, 1.165) is 13.0 Å². The fourth-order valence-corrected chi connectivity index (χ4v) is 4.44. The van der Waals surface area contributed by atoms with Crippen LogP contribution in [0.15, 0.2) is 0 Å². The normalized spacial score (nSPS) is 27.1. The van der Waals surface area contributed by atoms with Gasteiger partial charge in [-0.2, -0.15) is 0 Å². The minimum absolute atomic E-state index is 0.383. The van der Waals surface area contributed by atoms with Gasteiger partial charge >= 0.3 is 0 Å². The molecule has 0 saturated heterocycles. The van der Waals surface area contributed by atoms with E-state index >= 15 is 0 Å². The summed E-state index contributed by atoms with van der Waals surface area (Å²) in [5, 5.41) is 5.14. The maximum Gasteiger partial charge on any atom is 0.0990 e. The first-order valence-electron chi connectivity index (χ1n) is 7.67. The Hall–Kier alpha value is -0.410. The van der Waals surface area contributed by atoms with Gasteiger partial charge in [0.25, 0.3) is 0 Å². The second kappa shape index (κ2) is 4.56. The summed E-state index contributed by atoms with van der Waals surface area (Å²) in [6.07, 6.45) is 6.26. The second-order valence-corrected chi connectivity index (χ2v) is 8.47. The molecule has 19 heavy (non-hydrogen) atoms. The highest BCUT2D eigenvalue weighted by molar-refractivity contribution is 7.12. The van der Waals surface area contributed by atoms with E-state index in [4.69, 9.17) is 4.98 Å². The van der Waals surface area contributed by atoms with Gasteiger partial charge in [0, 0.05) is 16.3 Å². The summed E-state index contributed by atoms with van der Waals surface area (Å²) in [6.45, 7) is 10.5. The summed E-state index contributed by atoms with van der Waals surface area (Å²) in [7, 11) is 0. The summed E-state index contributed by atoms with van der Waals surface area (Å²) < 4.78 is 0. The van der Waals surface area contributed by atoms with Crippen molar-refractivity contribution in [2.75, 3.05) is 6.54 Å². The molecule has 0 spiro atoms. The zero-order valence-corrected chi connectivity index (χ0v) is 13.5. The molecule has 1 unspecified atom stereocenters. The minimum atomic E-state index is 0.383. The van der Waals surface area contributed by atoms with Crippen molar-refractivity contribution in [2.24, 2.45) is 5.41 Å². The minimum Gasteiger partial charge on any atom is -0.309 e. The lowest BCUT2D eigenvalue weighted by atomic mass is 9.76. The Bertz CT molecular complexity index is 471. The van der Waals surface area contributed by atoms with Gasteiger partial charge in [-0.15, -0.1) is 11.3 Å². The van der Waals surface area contributed by atoms with Gasteiger partial charge in [-0.05, 0) is 44.1 Å². The predicted molar refractivity (Wildman–Crippen MR) is 81.8 cm³/mol. The lowest BCUT2D eigenvalue weighted by molar-refractivity contribution is 0.258. The van der Waals surface area contributed by atoms with E-state index in [1.165, 1.54) is 41.3 Å². The van der Waals surface area contributed by atoms with E-state index in [0.29, 0.717) is 16.9 Å². The van der Waals surface area contributed by atoms with Crippen molar-refractivity contribution in [1.29, 1.82) is 0 Å². The monoisotopic (exact) mass is 278 g/mol. The van der Waals surface area contributed by atoms with Crippen LogP contribution in [-0.4, -0.2) is 11.5 Å². The Kier molecular flexibility index (Phi) is 3.25. The van der Waals surface area contributed by atoms with E-state index in [-0.39, 0.29) is 0 Å². The van der Waals surface area contributed by atoms with Gasteiger partial charge in [0.2, 0.25) is 0 Å². The van der Waals surface area contributed by atoms with Gasteiger partial charge < -0.3 is 5.32 Å². The van der Waals surface area contributed by atoms with Crippen LogP contribution >= 0.6 is 11.3 Å². The number of rotatable bonds is 4. The fourth-order valence-electron chi connectivity index (χ4n) is 3.08. The number of aromatic nitrogens is 1. The number of nitrogens with one attached hydrogen (secondary N) is 1. The summed E-state index contributed by atoms with van der Waals surface area (Å²) in [5.41, 5.74) is 2.19. The molecule has 0 aromatic carbocycles. The molecule has 0 amide bonds. The number of nitrogens with zero attached hydrogens (tertiary/aromatic N) is 1. The van der Waals surface area contributed by atoms with E-state index < -0.39 is 0 Å². The molecule has 2 nitrogen and oxygen atoms in total. The van der Waals surface area contributed by atoms with Gasteiger partial charge in [0.1, 0.15) is 0 Å². The highest BCUT2D eigenvalue weighted by atomic mass is 32.1. The largest absolute Gasteiger partial charge is 0.309 e. The molecule has 0 bridgehead atoms. The quantitative estimate of drug-likeness (QED) is 0.892. The average molecular weight is 278 g/mol. The molecular formula is C16H26N2S. The molecule has 3 rings (SSSR count). The summed E-state index contributed by atoms with van der Waals surface area (Å²) >= 11 is 1.99. The molecule has 0 aliphatic heterocycles. The summed E-state index contributed by atoms with van der Waals surface area (Å²) in [5.74, 6) is 0. The SMILES string of the molecule is CCCNC1CC(C)(C)Cc2nc(C3(C)CC3)sc21. The average Bonchev–Trinajstić information content (AvgIpc) is 2.93. The lowest BCUT2D eigenvalue weighted by Crippen LogP contribution is -2.33. The van der Waals surface area contributed by atoms with E-state index in [9.17, 15) is 0 Å². The van der Waals surface area contributed by atoms with Gasteiger partial charge in [0.05, 0.1) is 10.7 Å². The van der Waals surface area contributed by atoms with Gasteiger partial charge in [-0.1, -0.05) is 27.7 Å². The Labute approximate surface area is 121 Å². The molecule has 1 aromatic heterocycles. The first kappa shape index (κ1) is 13.6. The molecule has 1 fully saturated rings. The Morgan fingerprint density at radius 1 is 1.32 bits per heavy atom. The molecule has 1 atom stereocenters. The first-order chi connectivity index (χ1) is 8.93. The highest BCUT2D eigenvalue weighted by Crippen LogP contribution is 2.52. The van der Waals surface area contributed by atoms with Crippen LogP contribution in [-0.2, 0) is 11.8 Å². The van der Waals surface area contributed by atoms with Crippen LogP contribution in [0.1, 0.15) is 75.0 Å². The molecule has 1 heterocycles. The lowest BCUT2D eigenvalue weighted by Gasteiger charge is -2.34. The van der Waals surface area contributed by atoms with Crippen molar-refractivity contribution in [2.45, 2.75) is 71.3 Å². The molecule has 1 aromatic rings. The van der Waals surface area contributed by atoms with Crippen LogP contribution in [0, 0.1) is 5.41 Å². The Morgan fingerprint density at radius 2 is 2.05 bits per heavy atom. The second-order valence-electron chi connectivity index (χ2n) is 7.44. The molecule has 0 radical (unpaired) electrons. The summed E-state index contributed by atoms with van der Waals surface area (Å²) in [6, 6.07) is 0.535. The molecule has 1 N–H and O–H groups in total. The number of thiazole rings is 1. The van der Waals surface area contributed by atoms with Crippen molar-refractivity contribution >= 4 is 11.3 Å². The number of hydrogen-bond acceptors (Lipinski definition) is 3. The third-order valence-electron chi connectivity index (χ3n) is 4.60. The fraction of sp³-hybridized carbons (Fsp3) is 0.812. The van der Waals surface area contributed by atoms with Gasteiger partial charge in [-0.3, -0.25) is 0 Å². The van der Waals surface area contributed by atoms with Crippen molar-refractivity contribution < 1.29 is 0 Å². The summed E-state index contributed by atoms with van der Waals surface area (Å²) in [4.78, 5) is 6.55. The molecular weight excluding hydrogens is 252 g/mol. The zero-order chi connectivity index (χ0) is 13.7. The third kappa shape index (κ3) is 2.59. The molecule has 3 heteroatoms. The predicted octanol–water partition coefficient (Wildman–Crippen LogP) is 4.21. The zero-order valence-electron chi connectivity index (χ0n) is 12.7. The highest BCUT2D eigenvalue weighted by Gasteiger charge is 2.44. The van der Waals surface area contributed by atoms with Crippen LogP contribution < -0.4 is 5.32 Å². The van der Waals surface area contributed by atoms with Crippen LogP contribution in [0.5, 0.6) is 0 Å². The first-order valence-corrected chi connectivity index (χ1v) is 8.49. The van der Waals surface area contributed by atoms with Crippen LogP contribution in [0.25, 0.3) is 0 Å². The van der Waals surface area contributed by atoms with Crippen molar-refractivity contribution in [3.8, 4) is 0 Å².